The van der Waals surface area contributed by atoms with Crippen LogP contribution in [0.1, 0.15) is 71.2 Å². The second kappa shape index (κ2) is 22.1. The third-order valence-corrected chi connectivity index (χ3v) is 11.6. The van der Waals surface area contributed by atoms with Crippen molar-refractivity contribution in [3.05, 3.63) is 177 Å². The number of hydrogen-bond donors (Lipinski definition) is 0. The monoisotopic (exact) mass is 902 g/mol. The molecule has 0 aliphatic carbocycles. The average molecular weight is 903 g/mol. The summed E-state index contributed by atoms with van der Waals surface area (Å²) in [6.45, 7) is 3.01. The van der Waals surface area contributed by atoms with E-state index in [9.17, 15) is 26.3 Å². The maximum atomic E-state index is 15.2. The molecule has 0 aliphatic rings. The van der Waals surface area contributed by atoms with E-state index >= 15 is 8.78 Å². The molecule has 2 atom stereocenters. The smallest absolute Gasteiger partial charge is 0.394 e. The lowest BCUT2D eigenvalue weighted by atomic mass is 9.94. The Morgan fingerprint density at radius 1 is 0.446 bits per heavy atom. The fraction of sp³-hybridized carbons (Fsp3) is 0.333. The summed E-state index contributed by atoms with van der Waals surface area (Å²) in [5.74, 6) is -3.51. The maximum Gasteiger partial charge on any atom is 0.394 e. The lowest BCUT2D eigenvalue weighted by Gasteiger charge is -2.22. The number of benzene rings is 6. The van der Waals surface area contributed by atoms with Crippen LogP contribution in [0.4, 0.5) is 35.1 Å². The highest BCUT2D eigenvalue weighted by Gasteiger charge is 2.40. The average Bonchev–Trinajstić information content (AvgIpc) is 3.25. The number of aryl methyl sites for hydroxylation is 2. The number of hydrogen-bond acceptors (Lipinski definition) is 3. The van der Waals surface area contributed by atoms with Crippen LogP contribution in [0.3, 0.4) is 0 Å². The van der Waals surface area contributed by atoms with Crippen molar-refractivity contribution in [3.8, 4) is 33.8 Å². The van der Waals surface area contributed by atoms with Crippen LogP contribution in [0.25, 0.3) is 22.3 Å². The van der Waals surface area contributed by atoms with Gasteiger partial charge in [0.05, 0.1) is 25.0 Å². The number of methoxy groups -OCH3 is 2. The van der Waals surface area contributed by atoms with Crippen molar-refractivity contribution >= 4 is 0 Å². The number of alkyl halides is 6. The first-order valence-corrected chi connectivity index (χ1v) is 21.9. The Bertz CT molecular complexity index is 2300. The van der Waals surface area contributed by atoms with Gasteiger partial charge >= 0.3 is 12.4 Å². The molecule has 6 aromatic rings. The SMILES string of the molecule is CCCc1ccc(-c2ccc(Cc3cc(CC(COC)C(F)(F)F)ccc3Oc3ccc(CC(COC)C(F)(F)F)cc3Cc3ccc(-c4ccc(CCC)cc4F)cc3)cc2)c(F)c1. The van der Waals surface area contributed by atoms with Crippen molar-refractivity contribution in [2.24, 2.45) is 11.8 Å². The summed E-state index contributed by atoms with van der Waals surface area (Å²) in [5.41, 5.74) is 7.53. The molecule has 11 heteroatoms. The molecule has 3 nitrogen and oxygen atoms in total. The zero-order chi connectivity index (χ0) is 46.7. The highest BCUT2D eigenvalue weighted by atomic mass is 19.4. The van der Waals surface area contributed by atoms with Gasteiger partial charge in [0.1, 0.15) is 23.1 Å². The zero-order valence-corrected chi connectivity index (χ0v) is 37.0. The second-order valence-corrected chi connectivity index (χ2v) is 16.7. The van der Waals surface area contributed by atoms with Crippen LogP contribution in [0, 0.1) is 23.5 Å². The van der Waals surface area contributed by atoms with E-state index in [2.05, 4.69) is 0 Å². The summed E-state index contributed by atoms with van der Waals surface area (Å²) in [6.07, 6.45) is -5.95. The minimum atomic E-state index is -4.51. The summed E-state index contributed by atoms with van der Waals surface area (Å²) in [7, 11) is 2.44. The van der Waals surface area contributed by atoms with Crippen molar-refractivity contribution in [2.75, 3.05) is 27.4 Å². The topological polar surface area (TPSA) is 27.7 Å². The molecule has 0 radical (unpaired) electrons. The van der Waals surface area contributed by atoms with Gasteiger partial charge in [-0.2, -0.15) is 26.3 Å². The van der Waals surface area contributed by atoms with Gasteiger partial charge < -0.3 is 14.2 Å². The van der Waals surface area contributed by atoms with E-state index < -0.39 is 37.4 Å². The van der Waals surface area contributed by atoms with E-state index in [4.69, 9.17) is 14.2 Å². The van der Waals surface area contributed by atoms with Gasteiger partial charge in [-0.3, -0.25) is 0 Å². The molecular weight excluding hydrogens is 849 g/mol. The normalized spacial score (nSPS) is 12.9. The van der Waals surface area contributed by atoms with Gasteiger partial charge in [0.25, 0.3) is 0 Å². The largest absolute Gasteiger partial charge is 0.457 e. The summed E-state index contributed by atoms with van der Waals surface area (Å²) in [6, 6.07) is 34.6. The van der Waals surface area contributed by atoms with Crippen molar-refractivity contribution < 1.29 is 49.3 Å². The van der Waals surface area contributed by atoms with Crippen LogP contribution < -0.4 is 4.74 Å². The van der Waals surface area contributed by atoms with Gasteiger partial charge in [-0.15, -0.1) is 0 Å². The van der Waals surface area contributed by atoms with Gasteiger partial charge in [0.2, 0.25) is 0 Å². The molecule has 0 amide bonds. The molecule has 0 aliphatic heterocycles. The summed E-state index contributed by atoms with van der Waals surface area (Å²) < 4.78 is 131. The third-order valence-electron chi connectivity index (χ3n) is 11.6. The highest BCUT2D eigenvalue weighted by molar-refractivity contribution is 5.66. The Hall–Kier alpha value is -5.52. The second-order valence-electron chi connectivity index (χ2n) is 16.7. The molecule has 0 saturated heterocycles. The van der Waals surface area contributed by atoms with Gasteiger partial charge in [-0.25, -0.2) is 8.78 Å². The van der Waals surface area contributed by atoms with Crippen LogP contribution in [-0.2, 0) is 48.0 Å². The molecule has 344 valence electrons. The molecule has 0 bridgehead atoms. The molecule has 0 N–H and O–H groups in total. The Kier molecular flexibility index (Phi) is 16.6. The molecule has 0 heterocycles. The summed E-state index contributed by atoms with van der Waals surface area (Å²) >= 11 is 0. The molecule has 0 fully saturated rings. The fourth-order valence-corrected chi connectivity index (χ4v) is 8.14. The fourth-order valence-electron chi connectivity index (χ4n) is 8.14. The highest BCUT2D eigenvalue weighted by Crippen LogP contribution is 2.37. The van der Waals surface area contributed by atoms with Crippen LogP contribution in [-0.4, -0.2) is 39.8 Å². The van der Waals surface area contributed by atoms with Crippen molar-refractivity contribution in [2.45, 2.75) is 77.6 Å². The minimum Gasteiger partial charge on any atom is -0.457 e. The predicted molar refractivity (Wildman–Crippen MR) is 240 cm³/mol. The predicted octanol–water partition coefficient (Wildman–Crippen LogP) is 14.9. The minimum absolute atomic E-state index is 0.234. The first-order valence-electron chi connectivity index (χ1n) is 21.9. The van der Waals surface area contributed by atoms with E-state index in [0.29, 0.717) is 56.0 Å². The lowest BCUT2D eigenvalue weighted by Crippen LogP contribution is -2.29. The van der Waals surface area contributed by atoms with Crippen LogP contribution in [0.5, 0.6) is 11.5 Å². The molecule has 0 saturated carbocycles. The van der Waals surface area contributed by atoms with Gasteiger partial charge in [0, 0.05) is 38.2 Å². The number of rotatable bonds is 20. The van der Waals surface area contributed by atoms with Crippen molar-refractivity contribution in [1.29, 1.82) is 0 Å². The van der Waals surface area contributed by atoms with Gasteiger partial charge in [-0.05, 0) is 106 Å². The van der Waals surface area contributed by atoms with Crippen molar-refractivity contribution in [1.82, 2.24) is 0 Å². The molecule has 0 spiro atoms. The van der Waals surface area contributed by atoms with Crippen LogP contribution in [0.2, 0.25) is 0 Å². The molecule has 2 unspecified atom stereocenters. The number of ether oxygens (including phenoxy) is 3. The van der Waals surface area contributed by atoms with Crippen LogP contribution >= 0.6 is 0 Å². The van der Waals surface area contributed by atoms with E-state index in [1.165, 1.54) is 26.4 Å². The molecular formula is C54H54F8O3. The van der Waals surface area contributed by atoms with Crippen LogP contribution in [0.15, 0.2) is 121 Å². The summed E-state index contributed by atoms with van der Waals surface area (Å²) in [5, 5.41) is 0. The third kappa shape index (κ3) is 13.3. The Morgan fingerprint density at radius 2 is 0.800 bits per heavy atom. The molecule has 65 heavy (non-hydrogen) atoms. The van der Waals surface area contributed by atoms with E-state index in [1.54, 1.807) is 72.8 Å². The molecule has 6 aromatic carbocycles. The zero-order valence-electron chi connectivity index (χ0n) is 37.0. The Labute approximate surface area is 376 Å². The number of halogens is 8. The Balaban J connectivity index is 1.36. The van der Waals surface area contributed by atoms with Crippen molar-refractivity contribution in [3.63, 3.8) is 0 Å². The first kappa shape index (κ1) is 48.9. The van der Waals surface area contributed by atoms with Gasteiger partial charge in [0.15, 0.2) is 0 Å². The van der Waals surface area contributed by atoms with Gasteiger partial charge in [-0.1, -0.05) is 124 Å². The van der Waals surface area contributed by atoms with E-state index in [-0.39, 0.29) is 37.3 Å². The first-order chi connectivity index (χ1) is 31.1. The summed E-state index contributed by atoms with van der Waals surface area (Å²) in [4.78, 5) is 0. The van der Waals surface area contributed by atoms with E-state index in [1.807, 2.05) is 50.2 Å². The maximum absolute atomic E-state index is 15.2. The standard InChI is InChI=1S/C54H54F8O3/c1-5-7-35-13-21-47(49(55)31-35)41-17-9-37(10-18-41)25-43-27-39(29-45(33-63-3)53(57,58)59)15-23-51(43)65-52-24-16-40(30-46(34-64-4)54(60,61)62)28-44(52)26-38-11-19-42(20-12-38)48-22-14-36(8-6-2)32-50(48)56/h9-24,27-28,31-32,45-46H,5-8,25-26,29-30,33-34H2,1-4H3. The quantitative estimate of drug-likeness (QED) is 0.0715. The molecule has 6 rings (SSSR count). The molecule has 0 aromatic heterocycles. The van der Waals surface area contributed by atoms with E-state index in [0.717, 1.165) is 47.9 Å². The lowest BCUT2D eigenvalue weighted by molar-refractivity contribution is -0.186. The Morgan fingerprint density at radius 3 is 1.12 bits per heavy atom.